The second-order valence-electron chi connectivity index (χ2n) is 9.01. The van der Waals surface area contributed by atoms with Gasteiger partial charge in [-0.15, -0.1) is 24.8 Å². The highest BCUT2D eigenvalue weighted by molar-refractivity contribution is 5.85. The summed E-state index contributed by atoms with van der Waals surface area (Å²) in [6.45, 7) is 3.59. The predicted octanol–water partition coefficient (Wildman–Crippen LogP) is 1.66. The number of methoxy groups -OCH3 is 1. The van der Waals surface area contributed by atoms with Crippen molar-refractivity contribution in [2.24, 2.45) is 18.9 Å². The Morgan fingerprint density at radius 2 is 2.03 bits per heavy atom. The number of halogens is 2. The molecular formula is C22H31Cl2N5O3. The lowest BCUT2D eigenvalue weighted by molar-refractivity contribution is -0.135. The molecule has 2 aromatic heterocycles. The van der Waals surface area contributed by atoms with Crippen LogP contribution in [-0.4, -0.2) is 64.3 Å². The Hall–Kier alpha value is -1.87. The van der Waals surface area contributed by atoms with E-state index < -0.39 is 0 Å². The molecule has 2 bridgehead atoms. The number of rotatable bonds is 4. The summed E-state index contributed by atoms with van der Waals surface area (Å²) in [5, 5.41) is 3.38. The lowest BCUT2D eigenvalue weighted by Gasteiger charge is -2.43. The molecule has 1 N–H and O–H groups in total. The van der Waals surface area contributed by atoms with Crippen LogP contribution in [0.15, 0.2) is 29.3 Å². The van der Waals surface area contributed by atoms with Crippen LogP contribution in [0.25, 0.3) is 11.4 Å². The minimum Gasteiger partial charge on any atom is -0.384 e. The first-order chi connectivity index (χ1) is 14.5. The van der Waals surface area contributed by atoms with Gasteiger partial charge < -0.3 is 24.1 Å². The number of nitrogens with one attached hydrogen (secondary N) is 1. The van der Waals surface area contributed by atoms with Crippen molar-refractivity contribution in [3.63, 3.8) is 0 Å². The SMILES string of the molecule is COC[C@@H]1CN[C@H](C(=O)N2C[C@@H]3C[C@H](C2)c2ccc(-c4nccn4C)c(=O)n2C3)C1.Cl.Cl. The number of carbonyl (C=O) groups excluding carboxylic acids is 1. The van der Waals surface area contributed by atoms with Gasteiger partial charge >= 0.3 is 0 Å². The number of imidazole rings is 1. The van der Waals surface area contributed by atoms with Crippen molar-refractivity contribution in [2.75, 3.05) is 33.4 Å². The van der Waals surface area contributed by atoms with Crippen LogP contribution >= 0.6 is 24.8 Å². The molecule has 5 heterocycles. The van der Waals surface area contributed by atoms with Crippen molar-refractivity contribution in [2.45, 2.75) is 31.3 Å². The van der Waals surface area contributed by atoms with E-state index in [4.69, 9.17) is 4.74 Å². The monoisotopic (exact) mass is 483 g/mol. The van der Waals surface area contributed by atoms with E-state index in [9.17, 15) is 9.59 Å². The molecule has 0 saturated carbocycles. The van der Waals surface area contributed by atoms with Crippen molar-refractivity contribution in [1.82, 2.24) is 24.3 Å². The highest BCUT2D eigenvalue weighted by Crippen LogP contribution is 2.36. The normalized spacial score (nSPS) is 26.1. The largest absolute Gasteiger partial charge is 0.384 e. The van der Waals surface area contributed by atoms with Crippen molar-refractivity contribution in [1.29, 1.82) is 0 Å². The molecule has 0 radical (unpaired) electrons. The van der Waals surface area contributed by atoms with Crippen molar-refractivity contribution in [3.05, 3.63) is 40.6 Å². The van der Waals surface area contributed by atoms with Crippen molar-refractivity contribution >= 4 is 30.7 Å². The molecule has 0 spiro atoms. The summed E-state index contributed by atoms with van der Waals surface area (Å²) in [5.41, 5.74) is 1.71. The van der Waals surface area contributed by atoms with E-state index in [1.807, 2.05) is 33.3 Å². The van der Waals surface area contributed by atoms with Gasteiger partial charge in [0.1, 0.15) is 5.82 Å². The van der Waals surface area contributed by atoms with E-state index in [1.165, 1.54) is 0 Å². The molecule has 4 atom stereocenters. The zero-order valence-corrected chi connectivity index (χ0v) is 20.0. The molecule has 176 valence electrons. The quantitative estimate of drug-likeness (QED) is 0.714. The first kappa shape index (κ1) is 24.8. The Balaban J connectivity index is 0.00000144. The number of likely N-dealkylation sites (tertiary alicyclic amines) is 1. The molecule has 0 aromatic carbocycles. The number of pyridine rings is 1. The van der Waals surface area contributed by atoms with E-state index >= 15 is 0 Å². The molecule has 5 rings (SSSR count). The summed E-state index contributed by atoms with van der Waals surface area (Å²) in [5.74, 6) is 1.81. The number of aryl methyl sites for hydroxylation is 1. The van der Waals surface area contributed by atoms with Gasteiger partial charge in [0.15, 0.2) is 0 Å². The van der Waals surface area contributed by atoms with Crippen LogP contribution in [0.1, 0.15) is 24.5 Å². The Morgan fingerprint density at radius 3 is 2.75 bits per heavy atom. The van der Waals surface area contributed by atoms with Gasteiger partial charge in [0.25, 0.3) is 5.56 Å². The van der Waals surface area contributed by atoms with Gasteiger partial charge in [0.2, 0.25) is 5.91 Å². The number of hydrogen-bond acceptors (Lipinski definition) is 5. The van der Waals surface area contributed by atoms with Gasteiger partial charge in [0, 0.05) is 64.3 Å². The number of aromatic nitrogens is 3. The molecular weight excluding hydrogens is 453 g/mol. The Bertz CT molecular complexity index is 1020. The first-order valence-electron chi connectivity index (χ1n) is 10.8. The van der Waals surface area contributed by atoms with E-state index in [-0.39, 0.29) is 48.2 Å². The number of ether oxygens (including phenoxy) is 1. The topological polar surface area (TPSA) is 81.4 Å². The second kappa shape index (κ2) is 9.95. The maximum atomic E-state index is 13.2. The van der Waals surface area contributed by atoms with Crippen molar-refractivity contribution in [3.8, 4) is 11.4 Å². The summed E-state index contributed by atoms with van der Waals surface area (Å²) >= 11 is 0. The summed E-state index contributed by atoms with van der Waals surface area (Å²) in [7, 11) is 3.61. The van der Waals surface area contributed by atoms with Crippen LogP contribution in [0.2, 0.25) is 0 Å². The maximum absolute atomic E-state index is 13.2. The van der Waals surface area contributed by atoms with Gasteiger partial charge in [0.05, 0.1) is 18.2 Å². The minimum absolute atomic E-state index is 0. The predicted molar refractivity (Wildman–Crippen MR) is 127 cm³/mol. The van der Waals surface area contributed by atoms with Crippen LogP contribution in [-0.2, 0) is 23.1 Å². The third-order valence-corrected chi connectivity index (χ3v) is 6.90. The lowest BCUT2D eigenvalue weighted by atomic mass is 9.82. The Morgan fingerprint density at radius 1 is 1.22 bits per heavy atom. The number of carbonyl (C=O) groups is 1. The fourth-order valence-corrected chi connectivity index (χ4v) is 5.50. The Kier molecular flexibility index (Phi) is 7.70. The van der Waals surface area contributed by atoms with Crippen LogP contribution in [0.5, 0.6) is 0 Å². The average molecular weight is 484 g/mol. The molecule has 8 nitrogen and oxygen atoms in total. The number of piperidine rings is 1. The zero-order valence-electron chi connectivity index (χ0n) is 18.4. The molecule has 3 aliphatic rings. The molecule has 0 unspecified atom stereocenters. The van der Waals surface area contributed by atoms with E-state index in [2.05, 4.69) is 16.4 Å². The first-order valence-corrected chi connectivity index (χ1v) is 10.8. The molecule has 32 heavy (non-hydrogen) atoms. The van der Waals surface area contributed by atoms with Crippen molar-refractivity contribution < 1.29 is 9.53 Å². The number of fused-ring (bicyclic) bond motifs is 4. The van der Waals surface area contributed by atoms with E-state index in [0.717, 1.165) is 31.6 Å². The maximum Gasteiger partial charge on any atom is 0.261 e. The fourth-order valence-electron chi connectivity index (χ4n) is 5.50. The number of hydrogen-bond donors (Lipinski definition) is 1. The van der Waals surface area contributed by atoms with Crippen LogP contribution in [0, 0.1) is 11.8 Å². The third kappa shape index (κ3) is 4.33. The van der Waals surface area contributed by atoms with E-state index in [0.29, 0.717) is 42.9 Å². The summed E-state index contributed by atoms with van der Waals surface area (Å²) in [6, 6.07) is 3.84. The fraction of sp³-hybridized carbons (Fsp3) is 0.591. The van der Waals surface area contributed by atoms with Crippen LogP contribution < -0.4 is 10.9 Å². The molecule has 1 amide bonds. The zero-order chi connectivity index (χ0) is 20.8. The molecule has 2 aromatic rings. The third-order valence-electron chi connectivity index (χ3n) is 6.90. The number of nitrogens with zero attached hydrogens (tertiary/aromatic N) is 4. The second-order valence-corrected chi connectivity index (χ2v) is 9.01. The number of amides is 1. The van der Waals surface area contributed by atoms with Gasteiger partial charge in [-0.3, -0.25) is 9.59 Å². The summed E-state index contributed by atoms with van der Waals surface area (Å²) < 4.78 is 9.05. The molecule has 2 saturated heterocycles. The van der Waals surface area contributed by atoms with Crippen LogP contribution in [0.4, 0.5) is 0 Å². The molecule has 2 fully saturated rings. The van der Waals surface area contributed by atoms with Gasteiger partial charge in [-0.1, -0.05) is 0 Å². The highest BCUT2D eigenvalue weighted by atomic mass is 35.5. The van der Waals surface area contributed by atoms with Gasteiger partial charge in [-0.25, -0.2) is 4.98 Å². The average Bonchev–Trinajstić information content (AvgIpc) is 3.38. The smallest absolute Gasteiger partial charge is 0.261 e. The molecule has 10 heteroatoms. The van der Waals surface area contributed by atoms with E-state index in [1.54, 1.807) is 13.3 Å². The summed E-state index contributed by atoms with van der Waals surface area (Å²) in [6.07, 6.45) is 5.44. The lowest BCUT2D eigenvalue weighted by Crippen LogP contribution is -2.53. The molecule has 3 aliphatic heterocycles. The Labute approximate surface area is 200 Å². The van der Waals surface area contributed by atoms with Gasteiger partial charge in [-0.05, 0) is 36.8 Å². The van der Waals surface area contributed by atoms with Gasteiger partial charge in [-0.2, -0.15) is 0 Å². The van der Waals surface area contributed by atoms with Crippen LogP contribution in [0.3, 0.4) is 0 Å². The molecule has 0 aliphatic carbocycles. The summed E-state index contributed by atoms with van der Waals surface area (Å²) in [4.78, 5) is 32.7. The minimum atomic E-state index is -0.114. The highest BCUT2D eigenvalue weighted by Gasteiger charge is 2.40. The standard InChI is InChI=1S/C22H29N5O3.2ClH/c1-25-6-5-23-20(25)17-3-4-19-16-7-15(11-27(19)21(17)28)10-26(12-16)22(29)18-8-14(9-24-18)13-30-2;;/h3-6,14-16,18,24H,7-13H2,1-2H3;2*1H/t14-,15-,16+,18-;;/m0../s1.